The van der Waals surface area contributed by atoms with Gasteiger partial charge < -0.3 is 24.6 Å². The topological polar surface area (TPSA) is 77.0 Å². The summed E-state index contributed by atoms with van der Waals surface area (Å²) in [5, 5.41) is 13.5. The number of ketones is 1. The van der Waals surface area contributed by atoms with Crippen molar-refractivity contribution in [1.29, 1.82) is 0 Å². The van der Waals surface area contributed by atoms with Crippen LogP contribution in [0.25, 0.3) is 0 Å². The van der Waals surface area contributed by atoms with Crippen molar-refractivity contribution in [3.05, 3.63) is 53.6 Å². The average molecular weight is 371 g/mol. The minimum atomic E-state index is -0.675. The Balaban J connectivity index is 1.48. The molecule has 6 heteroatoms. The molecule has 2 aromatic carbocycles. The number of aliphatic hydroxyl groups excluding tert-OH is 1. The summed E-state index contributed by atoms with van der Waals surface area (Å²) in [5.74, 6) is 2.07. The number of fused-ring (bicyclic) bond motifs is 1. The zero-order valence-electron chi connectivity index (χ0n) is 15.6. The fourth-order valence-corrected chi connectivity index (χ4v) is 2.82. The van der Waals surface area contributed by atoms with Crippen LogP contribution in [0.1, 0.15) is 35.8 Å². The van der Waals surface area contributed by atoms with E-state index in [1.807, 2.05) is 25.1 Å². The lowest BCUT2D eigenvalue weighted by Gasteiger charge is -2.22. The number of benzene rings is 2. The maximum absolute atomic E-state index is 11.4. The molecule has 0 amide bonds. The molecule has 0 spiro atoms. The van der Waals surface area contributed by atoms with Crippen molar-refractivity contribution in [2.24, 2.45) is 0 Å². The lowest BCUT2D eigenvalue weighted by Crippen LogP contribution is -2.33. The summed E-state index contributed by atoms with van der Waals surface area (Å²) in [6.45, 7) is 5.18. The van der Waals surface area contributed by atoms with Crippen LogP contribution in [0.5, 0.6) is 17.2 Å². The molecule has 3 rings (SSSR count). The summed E-state index contributed by atoms with van der Waals surface area (Å²) in [6.07, 6.45) is -0.675. The van der Waals surface area contributed by atoms with Crippen molar-refractivity contribution in [1.82, 2.24) is 5.32 Å². The second kappa shape index (κ2) is 8.88. The van der Waals surface area contributed by atoms with Crippen LogP contribution in [0.2, 0.25) is 0 Å². The summed E-state index contributed by atoms with van der Waals surface area (Å²) in [6, 6.07) is 12.8. The van der Waals surface area contributed by atoms with E-state index in [0.29, 0.717) is 31.1 Å². The van der Waals surface area contributed by atoms with Crippen LogP contribution in [0.4, 0.5) is 0 Å². The standard InChI is InChI=1S/C21H25NO5/c1-14(16-6-7-20-21(11-16)26-9-8-25-20)22-12-18(24)13-27-19-5-3-4-17(10-19)15(2)23/h3-7,10-11,14,18,22,24H,8-9,12-13H2,1-2H3/t14-,18+/m0/s1. The zero-order valence-corrected chi connectivity index (χ0v) is 15.6. The molecule has 0 saturated carbocycles. The summed E-state index contributed by atoms with van der Waals surface area (Å²) >= 11 is 0. The van der Waals surface area contributed by atoms with Gasteiger partial charge in [-0.15, -0.1) is 0 Å². The Kier molecular flexibility index (Phi) is 6.32. The first kappa shape index (κ1) is 19.2. The predicted octanol–water partition coefficient (Wildman–Crippen LogP) is 2.75. The molecule has 0 fully saturated rings. The van der Waals surface area contributed by atoms with Crippen molar-refractivity contribution in [2.45, 2.75) is 26.0 Å². The quantitative estimate of drug-likeness (QED) is 0.695. The van der Waals surface area contributed by atoms with E-state index >= 15 is 0 Å². The number of hydrogen-bond acceptors (Lipinski definition) is 6. The van der Waals surface area contributed by atoms with Crippen molar-refractivity contribution in [3.8, 4) is 17.2 Å². The summed E-state index contributed by atoms with van der Waals surface area (Å²) in [4.78, 5) is 11.4. The van der Waals surface area contributed by atoms with Gasteiger partial charge in [0.05, 0.1) is 0 Å². The molecular formula is C21H25NO5. The van der Waals surface area contributed by atoms with E-state index in [1.54, 1.807) is 24.3 Å². The third-order valence-corrected chi connectivity index (χ3v) is 4.41. The van der Waals surface area contributed by atoms with Gasteiger partial charge in [0.15, 0.2) is 17.3 Å². The molecule has 1 aliphatic rings. The zero-order chi connectivity index (χ0) is 19.2. The smallest absolute Gasteiger partial charge is 0.161 e. The minimum Gasteiger partial charge on any atom is -0.491 e. The number of hydrogen-bond donors (Lipinski definition) is 2. The van der Waals surface area contributed by atoms with Crippen molar-refractivity contribution >= 4 is 5.78 Å². The van der Waals surface area contributed by atoms with E-state index in [1.165, 1.54) is 6.92 Å². The molecule has 0 aromatic heterocycles. The highest BCUT2D eigenvalue weighted by molar-refractivity contribution is 5.94. The third kappa shape index (κ3) is 5.21. The van der Waals surface area contributed by atoms with Gasteiger partial charge >= 0.3 is 0 Å². The molecule has 2 N–H and O–H groups in total. The number of nitrogens with one attached hydrogen (secondary N) is 1. The lowest BCUT2D eigenvalue weighted by molar-refractivity contribution is 0.101. The summed E-state index contributed by atoms with van der Waals surface area (Å²) < 4.78 is 16.7. The molecule has 0 radical (unpaired) electrons. The number of carbonyl (C=O) groups is 1. The van der Waals surface area contributed by atoms with Crippen LogP contribution in [0.3, 0.4) is 0 Å². The highest BCUT2D eigenvalue weighted by Gasteiger charge is 2.15. The van der Waals surface area contributed by atoms with Gasteiger partial charge in [-0.25, -0.2) is 0 Å². The van der Waals surface area contributed by atoms with E-state index in [0.717, 1.165) is 17.1 Å². The van der Waals surface area contributed by atoms with Crippen LogP contribution in [-0.4, -0.2) is 43.4 Å². The van der Waals surface area contributed by atoms with Gasteiger partial charge in [-0.2, -0.15) is 0 Å². The van der Waals surface area contributed by atoms with Gasteiger partial charge in [-0.1, -0.05) is 18.2 Å². The summed E-state index contributed by atoms with van der Waals surface area (Å²) in [5.41, 5.74) is 1.65. The Labute approximate surface area is 159 Å². The second-order valence-electron chi connectivity index (χ2n) is 6.58. The number of ether oxygens (including phenoxy) is 3. The molecule has 0 aliphatic carbocycles. The van der Waals surface area contributed by atoms with Crippen molar-refractivity contribution < 1.29 is 24.1 Å². The third-order valence-electron chi connectivity index (χ3n) is 4.41. The minimum absolute atomic E-state index is 0.0177. The summed E-state index contributed by atoms with van der Waals surface area (Å²) in [7, 11) is 0. The molecule has 0 unspecified atom stereocenters. The van der Waals surface area contributed by atoms with Gasteiger partial charge in [0.2, 0.25) is 0 Å². The Bertz CT molecular complexity index is 792. The SMILES string of the molecule is CC(=O)c1cccc(OC[C@H](O)CN[C@@H](C)c2ccc3c(c2)OCCO3)c1. The number of Topliss-reactive ketones (excluding diaryl/α,β-unsaturated/α-hetero) is 1. The number of aliphatic hydroxyl groups is 1. The molecule has 0 saturated heterocycles. The molecule has 1 heterocycles. The van der Waals surface area contributed by atoms with E-state index < -0.39 is 6.10 Å². The predicted molar refractivity (Wildman–Crippen MR) is 102 cm³/mol. The molecule has 144 valence electrons. The van der Waals surface area contributed by atoms with Crippen LogP contribution in [-0.2, 0) is 0 Å². The highest BCUT2D eigenvalue weighted by Crippen LogP contribution is 2.32. The van der Waals surface area contributed by atoms with E-state index in [4.69, 9.17) is 14.2 Å². The monoisotopic (exact) mass is 371 g/mol. The molecule has 2 atom stereocenters. The molecule has 6 nitrogen and oxygen atoms in total. The van der Waals surface area contributed by atoms with Crippen LogP contribution in [0, 0.1) is 0 Å². The maximum atomic E-state index is 11.4. The van der Waals surface area contributed by atoms with Crippen molar-refractivity contribution in [3.63, 3.8) is 0 Å². The number of carbonyl (C=O) groups excluding carboxylic acids is 1. The Morgan fingerprint density at radius 2 is 1.96 bits per heavy atom. The Morgan fingerprint density at radius 3 is 2.74 bits per heavy atom. The molecular weight excluding hydrogens is 346 g/mol. The molecule has 1 aliphatic heterocycles. The van der Waals surface area contributed by atoms with Crippen LogP contribution >= 0.6 is 0 Å². The molecule has 0 bridgehead atoms. The normalized spacial score (nSPS) is 15.1. The molecule has 27 heavy (non-hydrogen) atoms. The fourth-order valence-electron chi connectivity index (χ4n) is 2.82. The first-order valence-corrected chi connectivity index (χ1v) is 9.07. The van der Waals surface area contributed by atoms with Gasteiger partial charge in [-0.3, -0.25) is 4.79 Å². The van der Waals surface area contributed by atoms with Gasteiger partial charge in [0, 0.05) is 18.2 Å². The van der Waals surface area contributed by atoms with E-state index in [2.05, 4.69) is 5.32 Å². The van der Waals surface area contributed by atoms with Crippen LogP contribution in [0.15, 0.2) is 42.5 Å². The van der Waals surface area contributed by atoms with Crippen molar-refractivity contribution in [2.75, 3.05) is 26.4 Å². The number of rotatable bonds is 8. The van der Waals surface area contributed by atoms with E-state index in [9.17, 15) is 9.90 Å². The van der Waals surface area contributed by atoms with Gasteiger partial charge in [0.25, 0.3) is 0 Å². The fraction of sp³-hybridized carbons (Fsp3) is 0.381. The maximum Gasteiger partial charge on any atom is 0.161 e. The second-order valence-corrected chi connectivity index (χ2v) is 6.58. The van der Waals surface area contributed by atoms with Crippen LogP contribution < -0.4 is 19.5 Å². The Hall–Kier alpha value is -2.57. The van der Waals surface area contributed by atoms with E-state index in [-0.39, 0.29) is 18.4 Å². The lowest BCUT2D eigenvalue weighted by atomic mass is 10.1. The Morgan fingerprint density at radius 1 is 1.19 bits per heavy atom. The van der Waals surface area contributed by atoms with Gasteiger partial charge in [-0.05, 0) is 43.7 Å². The van der Waals surface area contributed by atoms with Gasteiger partial charge in [0.1, 0.15) is 31.7 Å². The largest absolute Gasteiger partial charge is 0.491 e. The first-order valence-electron chi connectivity index (χ1n) is 9.07. The molecule has 2 aromatic rings. The first-order chi connectivity index (χ1) is 13.0. The average Bonchev–Trinajstić information content (AvgIpc) is 2.70. The highest BCUT2D eigenvalue weighted by atomic mass is 16.6.